The van der Waals surface area contributed by atoms with E-state index in [1.54, 1.807) is 30.9 Å². The van der Waals surface area contributed by atoms with Gasteiger partial charge in [0.1, 0.15) is 0 Å². The minimum absolute atomic E-state index is 0.0210. The minimum atomic E-state index is 0.0210. The molecule has 2 rings (SSSR count). The second-order valence-corrected chi connectivity index (χ2v) is 6.37. The Morgan fingerprint density at radius 1 is 1.30 bits per heavy atom. The van der Waals surface area contributed by atoms with Gasteiger partial charge in [-0.15, -0.1) is 0 Å². The maximum absolute atomic E-state index is 11.9. The number of carbonyl (C=O) groups is 1. The zero-order valence-corrected chi connectivity index (χ0v) is 15.1. The molecule has 0 aliphatic carbocycles. The van der Waals surface area contributed by atoms with E-state index in [1.165, 1.54) is 5.56 Å². The molecule has 6 nitrogen and oxygen atoms in total. The predicted octanol–water partition coefficient (Wildman–Crippen LogP) is 2.28. The summed E-state index contributed by atoms with van der Waals surface area (Å²) in [6.07, 6.45) is 0. The summed E-state index contributed by atoms with van der Waals surface area (Å²) in [5.74, 6) is 0.851. The summed E-state index contributed by atoms with van der Waals surface area (Å²) in [6, 6.07) is 6.05. The normalized spacial score (nSPS) is 16.2. The molecule has 1 aliphatic heterocycles. The van der Waals surface area contributed by atoms with Crippen LogP contribution in [0.1, 0.15) is 11.1 Å². The van der Waals surface area contributed by atoms with E-state index in [-0.39, 0.29) is 6.03 Å². The van der Waals surface area contributed by atoms with Gasteiger partial charge < -0.3 is 19.6 Å². The fourth-order valence-electron chi connectivity index (χ4n) is 2.80. The quantitative estimate of drug-likeness (QED) is 0.614. The van der Waals surface area contributed by atoms with Gasteiger partial charge in [0, 0.05) is 39.8 Å². The number of nitrogens with zero attached hydrogens (tertiary/aromatic N) is 5. The van der Waals surface area contributed by atoms with Crippen molar-refractivity contribution in [2.45, 2.75) is 13.5 Å². The van der Waals surface area contributed by atoms with Crippen LogP contribution >= 0.6 is 11.6 Å². The van der Waals surface area contributed by atoms with Crippen LogP contribution in [0.2, 0.25) is 5.02 Å². The number of hydrogen-bond donors (Lipinski definition) is 0. The van der Waals surface area contributed by atoms with Crippen molar-refractivity contribution in [3.63, 3.8) is 0 Å². The second-order valence-electron chi connectivity index (χ2n) is 5.96. The topological polar surface area (TPSA) is 42.4 Å². The number of benzene rings is 1. The zero-order valence-electron chi connectivity index (χ0n) is 14.4. The lowest BCUT2D eigenvalue weighted by Crippen LogP contribution is -2.59. The highest BCUT2D eigenvalue weighted by Crippen LogP contribution is 2.18. The molecule has 23 heavy (non-hydrogen) atoms. The van der Waals surface area contributed by atoms with Crippen LogP contribution in [-0.2, 0) is 6.54 Å². The molecule has 0 unspecified atom stereocenters. The van der Waals surface area contributed by atoms with Gasteiger partial charge in [-0.3, -0.25) is 4.99 Å². The average Bonchev–Trinajstić information content (AvgIpc) is 2.49. The van der Waals surface area contributed by atoms with Gasteiger partial charge in [-0.25, -0.2) is 4.79 Å². The first-order valence-corrected chi connectivity index (χ1v) is 7.85. The Morgan fingerprint density at radius 2 is 1.91 bits per heavy atom. The third kappa shape index (κ3) is 3.88. The molecule has 1 aromatic rings. The molecule has 2 amide bonds. The maximum Gasteiger partial charge on any atom is 0.322 e. The van der Waals surface area contributed by atoms with Crippen LogP contribution in [0.25, 0.3) is 0 Å². The number of hydrogen-bond acceptors (Lipinski definition) is 2. The summed E-state index contributed by atoms with van der Waals surface area (Å²) in [5, 5.41) is 0.776. The van der Waals surface area contributed by atoms with E-state index in [2.05, 4.69) is 20.9 Å². The molecule has 1 heterocycles. The Bertz CT molecular complexity index is 604. The molecule has 1 fully saturated rings. The van der Waals surface area contributed by atoms with Gasteiger partial charge in [-0.2, -0.15) is 0 Å². The second kappa shape index (κ2) is 7.08. The standard InChI is InChI=1S/C16H24ClN5O/c1-12-8-13(6-7-14(12)17)9-19(3)15(18-2)22-10-20(4)16(23)21(5)11-22/h6-8H,9-11H2,1-5H3/b18-15-. The third-order valence-corrected chi connectivity index (χ3v) is 4.31. The molecule has 0 atom stereocenters. The van der Waals surface area contributed by atoms with Crippen LogP contribution < -0.4 is 0 Å². The lowest BCUT2D eigenvalue weighted by atomic mass is 10.1. The Kier molecular flexibility index (Phi) is 5.36. The van der Waals surface area contributed by atoms with Crippen molar-refractivity contribution < 1.29 is 4.79 Å². The monoisotopic (exact) mass is 337 g/mol. The number of aryl methyl sites for hydroxylation is 1. The molecule has 1 saturated heterocycles. The molecule has 0 spiro atoms. The summed E-state index contributed by atoms with van der Waals surface area (Å²) >= 11 is 6.09. The summed E-state index contributed by atoms with van der Waals surface area (Å²) in [4.78, 5) is 23.8. The zero-order chi connectivity index (χ0) is 17.1. The lowest BCUT2D eigenvalue weighted by Gasteiger charge is -2.42. The molecule has 1 aromatic carbocycles. The highest BCUT2D eigenvalue weighted by molar-refractivity contribution is 6.31. The van der Waals surface area contributed by atoms with Crippen molar-refractivity contribution in [1.82, 2.24) is 19.6 Å². The van der Waals surface area contributed by atoms with E-state index >= 15 is 0 Å². The van der Waals surface area contributed by atoms with E-state index in [9.17, 15) is 4.79 Å². The molecule has 0 aromatic heterocycles. The van der Waals surface area contributed by atoms with Crippen molar-refractivity contribution in [3.8, 4) is 0 Å². The van der Waals surface area contributed by atoms with E-state index in [0.717, 1.165) is 23.1 Å². The van der Waals surface area contributed by atoms with Crippen molar-refractivity contribution in [3.05, 3.63) is 34.3 Å². The van der Waals surface area contributed by atoms with Crippen molar-refractivity contribution in [2.75, 3.05) is 41.5 Å². The average molecular weight is 338 g/mol. The highest BCUT2D eigenvalue weighted by Gasteiger charge is 2.28. The molecule has 0 N–H and O–H groups in total. The maximum atomic E-state index is 11.9. The SMILES string of the molecule is C/N=C(/N(C)Cc1ccc(Cl)c(C)c1)N1CN(C)C(=O)N(C)C1. The fraction of sp³-hybridized carbons (Fsp3) is 0.500. The first-order chi connectivity index (χ1) is 10.8. The van der Waals surface area contributed by atoms with Gasteiger partial charge in [-0.1, -0.05) is 23.7 Å². The van der Waals surface area contributed by atoms with Gasteiger partial charge in [-0.05, 0) is 24.1 Å². The number of aliphatic imine (C=N–C) groups is 1. The smallest absolute Gasteiger partial charge is 0.322 e. The van der Waals surface area contributed by atoms with Crippen molar-refractivity contribution >= 4 is 23.6 Å². The molecular weight excluding hydrogens is 314 g/mol. The number of guanidine groups is 1. The first kappa shape index (κ1) is 17.4. The number of halogens is 1. The number of amides is 2. The van der Waals surface area contributed by atoms with Gasteiger partial charge in [0.05, 0.1) is 13.3 Å². The van der Waals surface area contributed by atoms with Crippen molar-refractivity contribution in [1.29, 1.82) is 0 Å². The lowest BCUT2D eigenvalue weighted by molar-refractivity contribution is 0.0876. The molecular formula is C16H24ClN5O. The van der Waals surface area contributed by atoms with Crippen molar-refractivity contribution in [2.24, 2.45) is 4.99 Å². The summed E-state index contributed by atoms with van der Waals surface area (Å²) in [7, 11) is 7.36. The Morgan fingerprint density at radius 3 is 2.43 bits per heavy atom. The van der Waals surface area contributed by atoms with Gasteiger partial charge in [0.15, 0.2) is 5.96 Å². The van der Waals surface area contributed by atoms with E-state index in [4.69, 9.17) is 11.6 Å². The Labute approximate surface area is 142 Å². The molecule has 7 heteroatoms. The number of carbonyl (C=O) groups excluding carboxylic acids is 1. The summed E-state index contributed by atoms with van der Waals surface area (Å²) in [5.41, 5.74) is 2.24. The molecule has 1 aliphatic rings. The van der Waals surface area contributed by atoms with Crippen LogP contribution in [0, 0.1) is 6.92 Å². The molecule has 0 radical (unpaired) electrons. The van der Waals surface area contributed by atoms with E-state index < -0.39 is 0 Å². The number of rotatable bonds is 2. The Hall–Kier alpha value is -1.95. The summed E-state index contributed by atoms with van der Waals surface area (Å²) in [6.45, 7) is 3.78. The minimum Gasteiger partial charge on any atom is -0.341 e. The van der Waals surface area contributed by atoms with E-state index in [1.807, 2.05) is 26.1 Å². The fourth-order valence-corrected chi connectivity index (χ4v) is 2.92. The van der Waals surface area contributed by atoms with Gasteiger partial charge >= 0.3 is 6.03 Å². The predicted molar refractivity (Wildman–Crippen MR) is 93.5 cm³/mol. The molecule has 0 bridgehead atoms. The molecule has 126 valence electrons. The Balaban J connectivity index is 2.11. The van der Waals surface area contributed by atoms with Crippen LogP contribution in [0.4, 0.5) is 4.79 Å². The first-order valence-electron chi connectivity index (χ1n) is 7.47. The van der Waals surface area contributed by atoms with Crippen LogP contribution in [0.5, 0.6) is 0 Å². The molecule has 0 saturated carbocycles. The summed E-state index contributed by atoms with van der Waals surface area (Å²) < 4.78 is 0. The van der Waals surface area contributed by atoms with E-state index in [0.29, 0.717) is 13.3 Å². The van der Waals surface area contributed by atoms with Gasteiger partial charge in [0.25, 0.3) is 0 Å². The highest BCUT2D eigenvalue weighted by atomic mass is 35.5. The number of urea groups is 1. The van der Waals surface area contributed by atoms with Crippen LogP contribution in [0.3, 0.4) is 0 Å². The van der Waals surface area contributed by atoms with Crippen LogP contribution in [0.15, 0.2) is 23.2 Å². The third-order valence-electron chi connectivity index (χ3n) is 3.89. The van der Waals surface area contributed by atoms with Crippen LogP contribution in [-0.4, -0.2) is 73.1 Å². The van der Waals surface area contributed by atoms with Gasteiger partial charge in [0.2, 0.25) is 0 Å². The largest absolute Gasteiger partial charge is 0.341 e.